The first-order valence-corrected chi connectivity index (χ1v) is 8.93. The van der Waals surface area contributed by atoms with Crippen molar-refractivity contribution >= 4 is 16.9 Å². The molecule has 0 radical (unpaired) electrons. The summed E-state index contributed by atoms with van der Waals surface area (Å²) in [6, 6.07) is 12.1. The molecule has 6 nitrogen and oxygen atoms in total. The molecule has 0 saturated heterocycles. The zero-order chi connectivity index (χ0) is 20.3. The fourth-order valence-corrected chi connectivity index (χ4v) is 2.91. The second kappa shape index (κ2) is 8.17. The minimum absolute atomic E-state index is 0.130. The second-order valence-electron chi connectivity index (χ2n) is 6.58. The Hall–Kier alpha value is -3.28. The average molecular weight is 382 g/mol. The van der Waals surface area contributed by atoms with Crippen molar-refractivity contribution < 1.29 is 23.4 Å². The number of hydrogen-bond acceptors (Lipinski definition) is 6. The Labute approximate surface area is 162 Å². The molecular formula is C22H22O6. The summed E-state index contributed by atoms with van der Waals surface area (Å²) in [6.45, 7) is 5.07. The molecule has 0 aliphatic rings. The van der Waals surface area contributed by atoms with Crippen LogP contribution in [0.5, 0.6) is 11.5 Å². The second-order valence-corrected chi connectivity index (χ2v) is 6.58. The van der Waals surface area contributed by atoms with Gasteiger partial charge in [0.15, 0.2) is 6.61 Å². The van der Waals surface area contributed by atoms with Gasteiger partial charge in [-0.15, -0.1) is 0 Å². The molecule has 1 aromatic heterocycles. The average Bonchev–Trinajstić information content (AvgIpc) is 2.66. The van der Waals surface area contributed by atoms with Crippen molar-refractivity contribution in [3.05, 3.63) is 58.4 Å². The Morgan fingerprint density at radius 1 is 1.07 bits per heavy atom. The Morgan fingerprint density at radius 3 is 2.39 bits per heavy atom. The highest BCUT2D eigenvalue weighted by molar-refractivity contribution is 5.84. The molecule has 0 N–H and O–H groups in total. The molecule has 0 unspecified atom stereocenters. The van der Waals surface area contributed by atoms with Crippen molar-refractivity contribution in [3.8, 4) is 22.6 Å². The molecule has 3 aromatic rings. The third kappa shape index (κ3) is 4.17. The summed E-state index contributed by atoms with van der Waals surface area (Å²) in [5, 5.41) is 0.438. The lowest BCUT2D eigenvalue weighted by molar-refractivity contribution is -0.149. The molecule has 0 amide bonds. The van der Waals surface area contributed by atoms with Crippen molar-refractivity contribution in [1.29, 1.82) is 0 Å². The lowest BCUT2D eigenvalue weighted by Crippen LogP contribution is -2.18. The molecule has 0 atom stereocenters. The molecule has 0 aliphatic carbocycles. The fourth-order valence-electron chi connectivity index (χ4n) is 2.91. The first kappa shape index (κ1) is 19.5. The van der Waals surface area contributed by atoms with Gasteiger partial charge in [0.05, 0.1) is 24.2 Å². The Balaban J connectivity index is 1.92. The summed E-state index contributed by atoms with van der Waals surface area (Å²) >= 11 is 0. The van der Waals surface area contributed by atoms with Gasteiger partial charge in [0, 0.05) is 6.07 Å². The summed E-state index contributed by atoms with van der Waals surface area (Å²) in [7, 11) is 1.59. The van der Waals surface area contributed by atoms with Crippen LogP contribution in [-0.2, 0) is 9.53 Å². The molecule has 0 spiro atoms. The smallest absolute Gasteiger partial charge is 0.344 e. The Bertz CT molecular complexity index is 1050. The maximum Gasteiger partial charge on any atom is 0.344 e. The van der Waals surface area contributed by atoms with Crippen LogP contribution >= 0.6 is 0 Å². The zero-order valence-electron chi connectivity index (χ0n) is 16.3. The third-order valence-electron chi connectivity index (χ3n) is 4.14. The standard InChI is InChI=1S/C22H22O6/c1-13(2)27-20(23)12-26-17-9-10-18-19(11-17)28-14(3)21(22(18)24)15-5-7-16(25-4)8-6-15/h5-11,13H,12H2,1-4H3. The molecule has 0 fully saturated rings. The number of aryl methyl sites for hydroxylation is 1. The molecule has 0 bridgehead atoms. The first-order valence-electron chi connectivity index (χ1n) is 8.93. The van der Waals surface area contributed by atoms with E-state index < -0.39 is 5.97 Å². The van der Waals surface area contributed by atoms with E-state index in [0.29, 0.717) is 33.8 Å². The molecule has 0 aliphatic heterocycles. The van der Waals surface area contributed by atoms with Crippen LogP contribution in [0, 0.1) is 6.92 Å². The third-order valence-corrected chi connectivity index (χ3v) is 4.14. The number of carbonyl (C=O) groups excluding carboxylic acids is 1. The van der Waals surface area contributed by atoms with Crippen LogP contribution < -0.4 is 14.9 Å². The van der Waals surface area contributed by atoms with Gasteiger partial charge in [-0.3, -0.25) is 4.79 Å². The van der Waals surface area contributed by atoms with Gasteiger partial charge in [-0.25, -0.2) is 4.79 Å². The van der Waals surface area contributed by atoms with Crippen LogP contribution in [0.2, 0.25) is 0 Å². The molecular weight excluding hydrogens is 360 g/mol. The normalized spacial score (nSPS) is 10.9. The van der Waals surface area contributed by atoms with E-state index in [1.54, 1.807) is 58.2 Å². The Morgan fingerprint density at radius 2 is 1.75 bits per heavy atom. The maximum atomic E-state index is 13.0. The van der Waals surface area contributed by atoms with E-state index in [9.17, 15) is 9.59 Å². The monoisotopic (exact) mass is 382 g/mol. The van der Waals surface area contributed by atoms with Crippen molar-refractivity contribution in [2.24, 2.45) is 0 Å². The van der Waals surface area contributed by atoms with Gasteiger partial charge in [-0.2, -0.15) is 0 Å². The van der Waals surface area contributed by atoms with Crippen molar-refractivity contribution in [2.45, 2.75) is 26.9 Å². The van der Waals surface area contributed by atoms with Crippen molar-refractivity contribution in [3.63, 3.8) is 0 Å². The molecule has 0 saturated carbocycles. The van der Waals surface area contributed by atoms with Gasteiger partial charge in [-0.1, -0.05) is 12.1 Å². The number of ether oxygens (including phenoxy) is 3. The van der Waals surface area contributed by atoms with E-state index in [4.69, 9.17) is 18.6 Å². The van der Waals surface area contributed by atoms with Crippen LogP contribution in [0.25, 0.3) is 22.1 Å². The minimum Gasteiger partial charge on any atom is -0.497 e. The van der Waals surface area contributed by atoms with Gasteiger partial charge in [-0.05, 0) is 50.6 Å². The number of benzene rings is 2. The highest BCUT2D eigenvalue weighted by atomic mass is 16.6. The van der Waals surface area contributed by atoms with Gasteiger partial charge >= 0.3 is 5.97 Å². The van der Waals surface area contributed by atoms with E-state index in [1.165, 1.54) is 0 Å². The summed E-state index contributed by atoms with van der Waals surface area (Å²) in [6.07, 6.45) is -0.204. The first-order chi connectivity index (χ1) is 13.4. The summed E-state index contributed by atoms with van der Waals surface area (Å²) < 4.78 is 21.5. The van der Waals surface area contributed by atoms with E-state index in [0.717, 1.165) is 5.56 Å². The van der Waals surface area contributed by atoms with Crippen LogP contribution in [0.4, 0.5) is 0 Å². The number of esters is 1. The lowest BCUT2D eigenvalue weighted by Gasteiger charge is -2.11. The highest BCUT2D eigenvalue weighted by Gasteiger charge is 2.15. The van der Waals surface area contributed by atoms with E-state index in [-0.39, 0.29) is 18.1 Å². The van der Waals surface area contributed by atoms with Crippen LogP contribution in [-0.4, -0.2) is 25.8 Å². The molecule has 6 heteroatoms. The molecule has 1 heterocycles. The zero-order valence-corrected chi connectivity index (χ0v) is 16.3. The SMILES string of the molecule is COc1ccc(-c2c(C)oc3cc(OCC(=O)OC(C)C)ccc3c2=O)cc1. The number of hydrogen-bond donors (Lipinski definition) is 0. The highest BCUT2D eigenvalue weighted by Crippen LogP contribution is 2.27. The van der Waals surface area contributed by atoms with E-state index >= 15 is 0 Å². The number of carbonyl (C=O) groups is 1. The van der Waals surface area contributed by atoms with E-state index in [1.807, 2.05) is 12.1 Å². The molecule has 146 valence electrons. The van der Waals surface area contributed by atoms with Crippen molar-refractivity contribution in [1.82, 2.24) is 0 Å². The number of rotatable bonds is 6. The van der Waals surface area contributed by atoms with Crippen LogP contribution in [0.3, 0.4) is 0 Å². The van der Waals surface area contributed by atoms with E-state index in [2.05, 4.69) is 0 Å². The van der Waals surface area contributed by atoms with Crippen molar-refractivity contribution in [2.75, 3.05) is 13.7 Å². The fraction of sp³-hybridized carbons (Fsp3) is 0.273. The number of methoxy groups -OCH3 is 1. The lowest BCUT2D eigenvalue weighted by atomic mass is 10.0. The summed E-state index contributed by atoms with van der Waals surface area (Å²) in [5.74, 6) is 1.18. The van der Waals surface area contributed by atoms with Gasteiger partial charge in [0.2, 0.25) is 5.43 Å². The Kier molecular flexibility index (Phi) is 5.68. The maximum absolute atomic E-state index is 13.0. The molecule has 2 aromatic carbocycles. The minimum atomic E-state index is -0.456. The quantitative estimate of drug-likeness (QED) is 0.597. The summed E-state index contributed by atoms with van der Waals surface area (Å²) in [5.41, 5.74) is 1.53. The predicted molar refractivity (Wildman–Crippen MR) is 106 cm³/mol. The van der Waals surface area contributed by atoms with Crippen LogP contribution in [0.1, 0.15) is 19.6 Å². The molecule has 3 rings (SSSR count). The topological polar surface area (TPSA) is 75.0 Å². The van der Waals surface area contributed by atoms with Crippen LogP contribution in [0.15, 0.2) is 51.7 Å². The van der Waals surface area contributed by atoms with Gasteiger partial charge in [0.25, 0.3) is 0 Å². The molecule has 28 heavy (non-hydrogen) atoms. The summed E-state index contributed by atoms with van der Waals surface area (Å²) in [4.78, 5) is 24.6. The largest absolute Gasteiger partial charge is 0.497 e. The van der Waals surface area contributed by atoms with Gasteiger partial charge in [0.1, 0.15) is 22.8 Å². The predicted octanol–water partition coefficient (Wildman–Crippen LogP) is 4.11. The number of fused-ring (bicyclic) bond motifs is 1. The van der Waals surface area contributed by atoms with Gasteiger partial charge < -0.3 is 18.6 Å².